The largest absolute Gasteiger partial charge is 0.379 e. The maximum absolute atomic E-state index is 12.6. The number of morpholine rings is 1. The lowest BCUT2D eigenvalue weighted by atomic mass is 9.93. The Kier molecular flexibility index (Phi) is 7.75. The normalized spacial score (nSPS) is 22.7. The lowest BCUT2D eigenvalue weighted by Crippen LogP contribution is -2.50. The molecule has 23 heavy (non-hydrogen) atoms. The van der Waals surface area contributed by atoms with Crippen LogP contribution in [0.1, 0.15) is 39.5 Å². The predicted molar refractivity (Wildman–Crippen MR) is 92.6 cm³/mol. The molecule has 136 valence electrons. The van der Waals surface area contributed by atoms with Crippen molar-refractivity contribution in [2.24, 2.45) is 5.92 Å². The number of nitrogens with zero attached hydrogens (tertiary/aromatic N) is 3. The van der Waals surface area contributed by atoms with Crippen LogP contribution in [-0.4, -0.2) is 81.0 Å². The predicted octanol–water partition coefficient (Wildman–Crippen LogP) is 1.40. The van der Waals surface area contributed by atoms with E-state index in [1.54, 1.807) is 8.61 Å². The van der Waals surface area contributed by atoms with Crippen LogP contribution in [0.4, 0.5) is 0 Å². The monoisotopic (exact) mass is 347 g/mol. The van der Waals surface area contributed by atoms with Crippen LogP contribution in [-0.2, 0) is 14.9 Å². The van der Waals surface area contributed by atoms with E-state index in [0.717, 1.165) is 25.9 Å². The van der Waals surface area contributed by atoms with Crippen LogP contribution in [0.5, 0.6) is 0 Å². The molecule has 2 saturated heterocycles. The molecule has 0 aliphatic carbocycles. The molecule has 2 heterocycles. The summed E-state index contributed by atoms with van der Waals surface area (Å²) in [5, 5.41) is 0. The highest BCUT2D eigenvalue weighted by atomic mass is 32.2. The van der Waals surface area contributed by atoms with E-state index in [9.17, 15) is 8.42 Å². The highest BCUT2D eigenvalue weighted by Gasteiger charge is 2.33. The van der Waals surface area contributed by atoms with Crippen LogP contribution in [0, 0.1) is 5.92 Å². The summed E-state index contributed by atoms with van der Waals surface area (Å²) in [5.41, 5.74) is 0. The Labute approximate surface area is 141 Å². The molecule has 0 spiro atoms. The first-order valence-electron chi connectivity index (χ1n) is 9.13. The van der Waals surface area contributed by atoms with Crippen molar-refractivity contribution >= 4 is 10.2 Å². The van der Waals surface area contributed by atoms with Gasteiger partial charge in [-0.1, -0.05) is 13.8 Å². The summed E-state index contributed by atoms with van der Waals surface area (Å²) in [4.78, 5) is 2.46. The number of piperidine rings is 1. The second-order valence-electron chi connectivity index (χ2n) is 6.53. The van der Waals surface area contributed by atoms with Gasteiger partial charge in [0, 0.05) is 26.2 Å². The third-order valence-electron chi connectivity index (χ3n) is 5.18. The minimum atomic E-state index is -3.27. The average Bonchev–Trinajstić information content (AvgIpc) is 2.60. The van der Waals surface area contributed by atoms with Gasteiger partial charge in [0.1, 0.15) is 0 Å². The SMILES string of the molecule is CCN(CC)CCCC1CCN(S(=O)(=O)N2CCOCC2)CC1. The zero-order valence-electron chi connectivity index (χ0n) is 14.7. The van der Waals surface area contributed by atoms with Gasteiger partial charge in [0.15, 0.2) is 0 Å². The van der Waals surface area contributed by atoms with Crippen molar-refractivity contribution in [1.82, 2.24) is 13.5 Å². The Morgan fingerprint density at radius 2 is 1.57 bits per heavy atom. The Hall–Kier alpha value is -0.210. The van der Waals surface area contributed by atoms with E-state index in [4.69, 9.17) is 4.74 Å². The average molecular weight is 348 g/mol. The summed E-state index contributed by atoms with van der Waals surface area (Å²) in [7, 11) is -3.27. The summed E-state index contributed by atoms with van der Waals surface area (Å²) in [6.45, 7) is 11.2. The molecule has 2 fully saturated rings. The lowest BCUT2D eigenvalue weighted by Gasteiger charge is -2.36. The van der Waals surface area contributed by atoms with Gasteiger partial charge in [-0.2, -0.15) is 17.0 Å². The fourth-order valence-corrected chi connectivity index (χ4v) is 5.12. The van der Waals surface area contributed by atoms with Crippen LogP contribution in [0.25, 0.3) is 0 Å². The summed E-state index contributed by atoms with van der Waals surface area (Å²) in [6.07, 6.45) is 4.45. The summed E-state index contributed by atoms with van der Waals surface area (Å²) >= 11 is 0. The van der Waals surface area contributed by atoms with E-state index < -0.39 is 10.2 Å². The molecule has 2 aliphatic rings. The first kappa shape index (κ1) is 19.1. The zero-order valence-corrected chi connectivity index (χ0v) is 15.6. The van der Waals surface area contributed by atoms with Gasteiger partial charge >= 0.3 is 0 Å². The topological polar surface area (TPSA) is 53.1 Å². The van der Waals surface area contributed by atoms with Crippen LogP contribution in [0.15, 0.2) is 0 Å². The van der Waals surface area contributed by atoms with Gasteiger partial charge in [0.25, 0.3) is 10.2 Å². The molecule has 2 aliphatic heterocycles. The van der Waals surface area contributed by atoms with Gasteiger partial charge in [-0.15, -0.1) is 0 Å². The molecule has 0 atom stereocenters. The summed E-state index contributed by atoms with van der Waals surface area (Å²) < 4.78 is 33.7. The molecule has 7 heteroatoms. The first-order valence-corrected chi connectivity index (χ1v) is 10.5. The van der Waals surface area contributed by atoms with E-state index in [-0.39, 0.29) is 0 Å². The zero-order chi connectivity index (χ0) is 16.7. The second kappa shape index (κ2) is 9.32. The number of hydrogen-bond acceptors (Lipinski definition) is 4. The van der Waals surface area contributed by atoms with Gasteiger partial charge < -0.3 is 9.64 Å². The molecular formula is C16H33N3O3S. The van der Waals surface area contributed by atoms with Crippen molar-refractivity contribution < 1.29 is 13.2 Å². The molecule has 0 saturated carbocycles. The van der Waals surface area contributed by atoms with Crippen LogP contribution >= 0.6 is 0 Å². The number of rotatable bonds is 8. The molecule has 2 rings (SSSR count). The molecule has 0 N–H and O–H groups in total. The molecule has 6 nitrogen and oxygen atoms in total. The minimum absolute atomic E-state index is 0.492. The summed E-state index contributed by atoms with van der Waals surface area (Å²) in [6, 6.07) is 0. The molecule has 0 bridgehead atoms. The Morgan fingerprint density at radius 3 is 2.13 bits per heavy atom. The lowest BCUT2D eigenvalue weighted by molar-refractivity contribution is 0.0692. The fourth-order valence-electron chi connectivity index (χ4n) is 3.51. The van der Waals surface area contributed by atoms with Crippen LogP contribution in [0.2, 0.25) is 0 Å². The highest BCUT2D eigenvalue weighted by Crippen LogP contribution is 2.25. The number of hydrogen-bond donors (Lipinski definition) is 0. The van der Waals surface area contributed by atoms with Gasteiger partial charge in [-0.05, 0) is 51.2 Å². The molecule has 0 unspecified atom stereocenters. The second-order valence-corrected chi connectivity index (χ2v) is 8.46. The van der Waals surface area contributed by atoms with Crippen molar-refractivity contribution in [3.05, 3.63) is 0 Å². The van der Waals surface area contributed by atoms with Crippen LogP contribution in [0.3, 0.4) is 0 Å². The third-order valence-corrected chi connectivity index (χ3v) is 7.21. The Morgan fingerprint density at radius 1 is 1.00 bits per heavy atom. The van der Waals surface area contributed by atoms with Crippen molar-refractivity contribution in [2.45, 2.75) is 39.5 Å². The molecule has 0 aromatic rings. The van der Waals surface area contributed by atoms with E-state index in [2.05, 4.69) is 18.7 Å². The van der Waals surface area contributed by atoms with E-state index in [1.165, 1.54) is 19.4 Å². The molecule has 0 radical (unpaired) electrons. The number of ether oxygens (including phenoxy) is 1. The van der Waals surface area contributed by atoms with E-state index >= 15 is 0 Å². The molecule has 0 aromatic heterocycles. The minimum Gasteiger partial charge on any atom is -0.379 e. The highest BCUT2D eigenvalue weighted by molar-refractivity contribution is 7.86. The van der Waals surface area contributed by atoms with Gasteiger partial charge in [-0.3, -0.25) is 0 Å². The Bertz CT molecular complexity index is 426. The summed E-state index contributed by atoms with van der Waals surface area (Å²) in [5.74, 6) is 0.682. The fraction of sp³-hybridized carbons (Fsp3) is 1.00. The van der Waals surface area contributed by atoms with Crippen LogP contribution < -0.4 is 0 Å². The van der Waals surface area contributed by atoms with Gasteiger partial charge in [0.05, 0.1) is 13.2 Å². The maximum atomic E-state index is 12.6. The Balaban J connectivity index is 1.72. The molecule has 0 aromatic carbocycles. The standard InChI is InChI=1S/C16H33N3O3S/c1-3-17(4-2)9-5-6-16-7-10-18(11-8-16)23(20,21)19-12-14-22-15-13-19/h16H,3-15H2,1-2H3. The molecule has 0 amide bonds. The maximum Gasteiger partial charge on any atom is 0.282 e. The molecular weight excluding hydrogens is 314 g/mol. The quantitative estimate of drug-likeness (QED) is 0.666. The first-order chi connectivity index (χ1) is 11.1. The van der Waals surface area contributed by atoms with Crippen molar-refractivity contribution in [3.8, 4) is 0 Å². The van der Waals surface area contributed by atoms with Gasteiger partial charge in [0.2, 0.25) is 0 Å². The van der Waals surface area contributed by atoms with Crippen molar-refractivity contribution in [2.75, 3.05) is 59.0 Å². The smallest absolute Gasteiger partial charge is 0.282 e. The van der Waals surface area contributed by atoms with Crippen molar-refractivity contribution in [1.29, 1.82) is 0 Å². The van der Waals surface area contributed by atoms with Gasteiger partial charge in [-0.25, -0.2) is 0 Å². The van der Waals surface area contributed by atoms with E-state index in [0.29, 0.717) is 45.3 Å². The van der Waals surface area contributed by atoms with E-state index in [1.807, 2.05) is 0 Å². The van der Waals surface area contributed by atoms with Crippen molar-refractivity contribution in [3.63, 3.8) is 0 Å². The third kappa shape index (κ3) is 5.39.